The van der Waals surface area contributed by atoms with Gasteiger partial charge in [0.15, 0.2) is 0 Å². The second-order valence-corrected chi connectivity index (χ2v) is 4.77. The number of amides is 2. The molecule has 0 aliphatic carbocycles. The molecule has 2 amide bonds. The van der Waals surface area contributed by atoms with Crippen molar-refractivity contribution < 1.29 is 14.7 Å². The largest absolute Gasteiger partial charge is 0.394 e. The molecule has 0 saturated carbocycles. The fourth-order valence-corrected chi connectivity index (χ4v) is 1.95. The van der Waals surface area contributed by atoms with Gasteiger partial charge in [0.1, 0.15) is 17.5 Å². The van der Waals surface area contributed by atoms with E-state index in [0.717, 1.165) is 5.56 Å². The van der Waals surface area contributed by atoms with E-state index in [1.807, 2.05) is 36.4 Å². The standard InChI is InChI=1S/C15H15N5O3/c16-7-11-8-17-20-13(11)19-15(23)14(22)18-12(9-21)6-10-4-2-1-3-5-10/h1-5,8,12,21H,6,9H2,(H,18,22)(H2,17,19,20,23). The highest BCUT2D eigenvalue weighted by atomic mass is 16.3. The van der Waals surface area contributed by atoms with Crippen LogP contribution < -0.4 is 10.6 Å². The third-order valence-electron chi connectivity index (χ3n) is 3.09. The second kappa shape index (κ2) is 7.72. The first-order valence-electron chi connectivity index (χ1n) is 6.84. The average molecular weight is 313 g/mol. The minimum absolute atomic E-state index is 0.0521. The molecule has 4 N–H and O–H groups in total. The highest BCUT2D eigenvalue weighted by molar-refractivity contribution is 6.39. The number of hydrogen-bond acceptors (Lipinski definition) is 5. The van der Waals surface area contributed by atoms with Crippen molar-refractivity contribution in [3.8, 4) is 6.07 Å². The number of aliphatic hydroxyl groups is 1. The molecule has 1 heterocycles. The molecule has 0 aliphatic rings. The van der Waals surface area contributed by atoms with Gasteiger partial charge >= 0.3 is 11.8 Å². The normalized spacial score (nSPS) is 11.3. The van der Waals surface area contributed by atoms with Crippen LogP contribution in [0.25, 0.3) is 0 Å². The molecule has 0 radical (unpaired) electrons. The lowest BCUT2D eigenvalue weighted by Gasteiger charge is -2.16. The Labute approximate surface area is 132 Å². The summed E-state index contributed by atoms with van der Waals surface area (Å²) in [6.45, 7) is -0.304. The van der Waals surface area contributed by atoms with Gasteiger partial charge < -0.3 is 15.7 Å². The molecule has 0 aliphatic heterocycles. The number of hydrogen-bond donors (Lipinski definition) is 4. The summed E-state index contributed by atoms with van der Waals surface area (Å²) in [5.74, 6) is -1.80. The van der Waals surface area contributed by atoms with Crippen molar-refractivity contribution in [2.24, 2.45) is 0 Å². The predicted octanol–water partition coefficient (Wildman–Crippen LogP) is -0.0603. The van der Waals surface area contributed by atoms with Gasteiger partial charge in [-0.2, -0.15) is 10.4 Å². The van der Waals surface area contributed by atoms with Crippen LogP contribution in [0, 0.1) is 11.3 Å². The van der Waals surface area contributed by atoms with Crippen LogP contribution in [0.15, 0.2) is 36.5 Å². The zero-order valence-corrected chi connectivity index (χ0v) is 12.1. The maximum absolute atomic E-state index is 11.9. The summed E-state index contributed by atoms with van der Waals surface area (Å²) < 4.78 is 0. The minimum Gasteiger partial charge on any atom is -0.394 e. The van der Waals surface area contributed by atoms with Crippen LogP contribution in [0.5, 0.6) is 0 Å². The van der Waals surface area contributed by atoms with Gasteiger partial charge in [-0.05, 0) is 12.0 Å². The van der Waals surface area contributed by atoms with Gasteiger partial charge in [0, 0.05) is 0 Å². The number of aliphatic hydroxyl groups excluding tert-OH is 1. The number of anilines is 1. The van der Waals surface area contributed by atoms with Crippen molar-refractivity contribution in [2.45, 2.75) is 12.5 Å². The first-order chi connectivity index (χ1) is 11.1. The summed E-state index contributed by atoms with van der Waals surface area (Å²) in [5.41, 5.74) is 1.04. The quantitative estimate of drug-likeness (QED) is 0.574. The number of rotatable bonds is 5. The van der Waals surface area contributed by atoms with Crippen molar-refractivity contribution in [3.63, 3.8) is 0 Å². The van der Waals surface area contributed by atoms with E-state index in [0.29, 0.717) is 6.42 Å². The summed E-state index contributed by atoms with van der Waals surface area (Å²) >= 11 is 0. The SMILES string of the molecule is N#Cc1cn[nH]c1NC(=O)C(=O)NC(CO)Cc1ccccc1. The molecule has 118 valence electrons. The molecular weight excluding hydrogens is 298 g/mol. The molecule has 0 spiro atoms. The van der Waals surface area contributed by atoms with Crippen LogP contribution in [0.3, 0.4) is 0 Å². The average Bonchev–Trinajstić information content (AvgIpc) is 3.02. The summed E-state index contributed by atoms with van der Waals surface area (Å²) in [6, 6.07) is 10.5. The van der Waals surface area contributed by atoms with Crippen molar-refractivity contribution in [1.29, 1.82) is 5.26 Å². The number of benzene rings is 1. The Kier molecular flexibility index (Phi) is 5.44. The van der Waals surface area contributed by atoms with Gasteiger partial charge in [0.2, 0.25) is 0 Å². The van der Waals surface area contributed by atoms with E-state index >= 15 is 0 Å². The number of H-pyrrole nitrogens is 1. The molecule has 2 aromatic rings. The summed E-state index contributed by atoms with van der Waals surface area (Å²) in [6.07, 6.45) is 1.63. The van der Waals surface area contributed by atoms with Gasteiger partial charge in [-0.1, -0.05) is 30.3 Å². The molecule has 23 heavy (non-hydrogen) atoms. The predicted molar refractivity (Wildman–Crippen MR) is 81.1 cm³/mol. The van der Waals surface area contributed by atoms with E-state index < -0.39 is 17.9 Å². The number of nitrogens with one attached hydrogen (secondary N) is 3. The molecule has 2 rings (SSSR count). The van der Waals surface area contributed by atoms with E-state index in [1.165, 1.54) is 6.20 Å². The van der Waals surface area contributed by atoms with Crippen molar-refractivity contribution in [1.82, 2.24) is 15.5 Å². The number of carbonyl (C=O) groups excluding carboxylic acids is 2. The third-order valence-corrected chi connectivity index (χ3v) is 3.09. The fraction of sp³-hybridized carbons (Fsp3) is 0.200. The molecule has 8 nitrogen and oxygen atoms in total. The van der Waals surface area contributed by atoms with Gasteiger partial charge in [0.05, 0.1) is 18.8 Å². The zero-order valence-electron chi connectivity index (χ0n) is 12.1. The number of aromatic amines is 1. The molecule has 1 aromatic carbocycles. The van der Waals surface area contributed by atoms with Gasteiger partial charge in [-0.3, -0.25) is 14.7 Å². The van der Waals surface area contributed by atoms with Crippen LogP contribution in [-0.2, 0) is 16.0 Å². The lowest BCUT2D eigenvalue weighted by atomic mass is 10.1. The minimum atomic E-state index is -0.947. The molecule has 0 fully saturated rings. The Morgan fingerprint density at radius 1 is 1.30 bits per heavy atom. The molecule has 1 aromatic heterocycles. The number of nitrogens with zero attached hydrogens (tertiary/aromatic N) is 2. The zero-order chi connectivity index (χ0) is 16.7. The van der Waals surface area contributed by atoms with Gasteiger partial charge in [-0.25, -0.2) is 0 Å². The van der Waals surface area contributed by atoms with E-state index in [-0.39, 0.29) is 18.0 Å². The Morgan fingerprint density at radius 2 is 2.04 bits per heavy atom. The molecule has 1 unspecified atom stereocenters. The third kappa shape index (κ3) is 4.39. The summed E-state index contributed by atoms with van der Waals surface area (Å²) in [7, 11) is 0. The molecule has 0 saturated heterocycles. The van der Waals surface area contributed by atoms with E-state index in [2.05, 4.69) is 20.8 Å². The molecular formula is C15H15N5O3. The van der Waals surface area contributed by atoms with E-state index in [1.54, 1.807) is 0 Å². The maximum Gasteiger partial charge on any atom is 0.314 e. The fourth-order valence-electron chi connectivity index (χ4n) is 1.95. The molecule has 0 bridgehead atoms. The van der Waals surface area contributed by atoms with Crippen molar-refractivity contribution in [2.75, 3.05) is 11.9 Å². The Balaban J connectivity index is 1.94. The summed E-state index contributed by atoms with van der Waals surface area (Å²) in [4.78, 5) is 23.7. The highest BCUT2D eigenvalue weighted by Crippen LogP contribution is 2.08. The number of nitriles is 1. The van der Waals surface area contributed by atoms with Crippen LogP contribution in [0.2, 0.25) is 0 Å². The summed E-state index contributed by atoms with van der Waals surface area (Å²) in [5, 5.41) is 28.9. The Hall–Kier alpha value is -3.18. The number of aromatic nitrogens is 2. The smallest absolute Gasteiger partial charge is 0.314 e. The Bertz CT molecular complexity index is 720. The molecule has 8 heteroatoms. The van der Waals surface area contributed by atoms with Crippen LogP contribution in [0.1, 0.15) is 11.1 Å². The highest BCUT2D eigenvalue weighted by Gasteiger charge is 2.20. The van der Waals surface area contributed by atoms with Gasteiger partial charge in [-0.15, -0.1) is 0 Å². The maximum atomic E-state index is 11.9. The monoisotopic (exact) mass is 313 g/mol. The lowest BCUT2D eigenvalue weighted by molar-refractivity contribution is -0.136. The van der Waals surface area contributed by atoms with E-state index in [4.69, 9.17) is 5.26 Å². The van der Waals surface area contributed by atoms with Crippen molar-refractivity contribution >= 4 is 17.6 Å². The first-order valence-corrected chi connectivity index (χ1v) is 6.84. The lowest BCUT2D eigenvalue weighted by Crippen LogP contribution is -2.44. The van der Waals surface area contributed by atoms with Gasteiger partial charge in [0.25, 0.3) is 0 Å². The topological polar surface area (TPSA) is 131 Å². The van der Waals surface area contributed by atoms with Crippen LogP contribution in [0.4, 0.5) is 5.82 Å². The number of carbonyl (C=O) groups is 2. The van der Waals surface area contributed by atoms with Crippen LogP contribution >= 0.6 is 0 Å². The van der Waals surface area contributed by atoms with Crippen molar-refractivity contribution in [3.05, 3.63) is 47.7 Å². The Morgan fingerprint density at radius 3 is 2.70 bits per heavy atom. The van der Waals surface area contributed by atoms with Crippen LogP contribution in [-0.4, -0.2) is 39.8 Å². The van der Waals surface area contributed by atoms with E-state index in [9.17, 15) is 14.7 Å². The molecule has 1 atom stereocenters. The second-order valence-electron chi connectivity index (χ2n) is 4.77. The first kappa shape index (κ1) is 16.2.